The first-order valence-corrected chi connectivity index (χ1v) is 9.17. The number of hydrogen-bond acceptors (Lipinski definition) is 2. The molecule has 0 bridgehead atoms. The fourth-order valence-corrected chi connectivity index (χ4v) is 3.75. The van der Waals surface area contributed by atoms with Crippen LogP contribution < -0.4 is 5.32 Å². The first-order valence-electron chi connectivity index (χ1n) is 8.72. The average Bonchev–Trinajstić information content (AvgIpc) is 2.59. The third kappa shape index (κ3) is 4.29. The SMILES string of the molecule is O=C(NCCCc1cccc2ccc(S)cc12)C1CCCCC1. The third-order valence-electron chi connectivity index (χ3n) is 4.85. The quantitative estimate of drug-likeness (QED) is 0.602. The van der Waals surface area contributed by atoms with Gasteiger partial charge in [-0.1, -0.05) is 43.5 Å². The monoisotopic (exact) mass is 327 g/mol. The molecule has 3 heteroatoms. The molecular formula is C20H25NOS. The topological polar surface area (TPSA) is 29.1 Å². The van der Waals surface area contributed by atoms with Gasteiger partial charge < -0.3 is 5.32 Å². The van der Waals surface area contributed by atoms with Crippen LogP contribution in [-0.2, 0) is 11.2 Å². The molecule has 2 nitrogen and oxygen atoms in total. The van der Waals surface area contributed by atoms with Gasteiger partial charge in [0.2, 0.25) is 5.91 Å². The molecule has 0 saturated heterocycles. The molecule has 0 atom stereocenters. The highest BCUT2D eigenvalue weighted by Crippen LogP contribution is 2.24. The zero-order chi connectivity index (χ0) is 16.1. The Kier molecular flexibility index (Phi) is 5.60. The number of thiol groups is 1. The Balaban J connectivity index is 1.52. The number of amides is 1. The van der Waals surface area contributed by atoms with Crippen molar-refractivity contribution in [3.05, 3.63) is 42.0 Å². The van der Waals surface area contributed by atoms with Crippen LogP contribution in [-0.4, -0.2) is 12.5 Å². The maximum Gasteiger partial charge on any atom is 0.223 e. The summed E-state index contributed by atoms with van der Waals surface area (Å²) in [6.07, 6.45) is 7.81. The van der Waals surface area contributed by atoms with Gasteiger partial charge in [0.05, 0.1) is 0 Å². The molecule has 1 aliphatic carbocycles. The van der Waals surface area contributed by atoms with E-state index in [-0.39, 0.29) is 11.8 Å². The molecule has 0 heterocycles. The lowest BCUT2D eigenvalue weighted by Crippen LogP contribution is -2.32. The van der Waals surface area contributed by atoms with Gasteiger partial charge in [-0.3, -0.25) is 4.79 Å². The molecule has 1 amide bonds. The predicted molar refractivity (Wildman–Crippen MR) is 99.1 cm³/mol. The second-order valence-corrected chi connectivity index (χ2v) is 7.07. The molecule has 2 aromatic rings. The molecule has 1 saturated carbocycles. The van der Waals surface area contributed by atoms with E-state index < -0.39 is 0 Å². The van der Waals surface area contributed by atoms with Crippen molar-refractivity contribution in [3.63, 3.8) is 0 Å². The summed E-state index contributed by atoms with van der Waals surface area (Å²) in [5.41, 5.74) is 1.34. The first-order chi connectivity index (χ1) is 11.2. The summed E-state index contributed by atoms with van der Waals surface area (Å²) >= 11 is 4.45. The first kappa shape index (κ1) is 16.4. The normalized spacial score (nSPS) is 15.7. The molecular weight excluding hydrogens is 302 g/mol. The number of carbonyl (C=O) groups excluding carboxylic acids is 1. The summed E-state index contributed by atoms with van der Waals surface area (Å²) < 4.78 is 0. The number of fused-ring (bicyclic) bond motifs is 1. The zero-order valence-corrected chi connectivity index (χ0v) is 14.4. The lowest BCUT2D eigenvalue weighted by molar-refractivity contribution is -0.125. The summed E-state index contributed by atoms with van der Waals surface area (Å²) in [4.78, 5) is 13.1. The minimum Gasteiger partial charge on any atom is -0.356 e. The van der Waals surface area contributed by atoms with Crippen molar-refractivity contribution in [2.45, 2.75) is 49.8 Å². The highest BCUT2D eigenvalue weighted by molar-refractivity contribution is 7.80. The number of benzene rings is 2. The molecule has 3 rings (SSSR count). The van der Waals surface area contributed by atoms with E-state index in [0.717, 1.165) is 37.1 Å². The molecule has 0 radical (unpaired) electrons. The van der Waals surface area contributed by atoms with Gasteiger partial charge in [0, 0.05) is 17.4 Å². The van der Waals surface area contributed by atoms with E-state index in [2.05, 4.69) is 48.3 Å². The largest absolute Gasteiger partial charge is 0.356 e. The summed E-state index contributed by atoms with van der Waals surface area (Å²) in [5, 5.41) is 5.66. The second-order valence-electron chi connectivity index (χ2n) is 6.55. The van der Waals surface area contributed by atoms with Gasteiger partial charge >= 0.3 is 0 Å². The molecule has 0 spiro atoms. The van der Waals surface area contributed by atoms with Crippen LogP contribution in [0.15, 0.2) is 41.3 Å². The van der Waals surface area contributed by atoms with Crippen molar-refractivity contribution in [2.75, 3.05) is 6.54 Å². The maximum atomic E-state index is 12.1. The van der Waals surface area contributed by atoms with Crippen LogP contribution in [0.3, 0.4) is 0 Å². The summed E-state index contributed by atoms with van der Waals surface area (Å²) in [7, 11) is 0. The van der Waals surface area contributed by atoms with Crippen LogP contribution in [0.1, 0.15) is 44.1 Å². The van der Waals surface area contributed by atoms with E-state index in [1.807, 2.05) is 6.07 Å². The Hall–Kier alpha value is -1.48. The van der Waals surface area contributed by atoms with Crippen molar-refractivity contribution < 1.29 is 4.79 Å². The van der Waals surface area contributed by atoms with Crippen LogP contribution in [0.25, 0.3) is 10.8 Å². The Morgan fingerprint density at radius 2 is 1.96 bits per heavy atom. The molecule has 2 aromatic carbocycles. The molecule has 23 heavy (non-hydrogen) atoms. The highest BCUT2D eigenvalue weighted by Gasteiger charge is 2.20. The lowest BCUT2D eigenvalue weighted by atomic mass is 9.88. The van der Waals surface area contributed by atoms with Gasteiger partial charge in [0.15, 0.2) is 0 Å². The Morgan fingerprint density at radius 3 is 2.78 bits per heavy atom. The van der Waals surface area contributed by atoms with Crippen molar-refractivity contribution in [2.24, 2.45) is 5.92 Å². The van der Waals surface area contributed by atoms with E-state index in [4.69, 9.17) is 0 Å². The van der Waals surface area contributed by atoms with E-state index >= 15 is 0 Å². The van der Waals surface area contributed by atoms with Gasteiger partial charge in [-0.2, -0.15) is 0 Å². The maximum absolute atomic E-state index is 12.1. The predicted octanol–water partition coefficient (Wildman–Crippen LogP) is 4.76. The number of aryl methyl sites for hydroxylation is 1. The minimum absolute atomic E-state index is 0.257. The molecule has 0 aromatic heterocycles. The molecule has 0 aliphatic heterocycles. The summed E-state index contributed by atoms with van der Waals surface area (Å²) in [6, 6.07) is 12.7. The fourth-order valence-electron chi connectivity index (χ4n) is 3.54. The molecule has 0 unspecified atom stereocenters. The molecule has 1 fully saturated rings. The van der Waals surface area contributed by atoms with E-state index in [1.165, 1.54) is 35.6 Å². The van der Waals surface area contributed by atoms with Crippen LogP contribution in [0.2, 0.25) is 0 Å². The zero-order valence-electron chi connectivity index (χ0n) is 13.6. The highest BCUT2D eigenvalue weighted by atomic mass is 32.1. The second kappa shape index (κ2) is 7.87. The smallest absolute Gasteiger partial charge is 0.223 e. The van der Waals surface area contributed by atoms with Crippen molar-refractivity contribution >= 4 is 29.3 Å². The standard InChI is InChI=1S/C20H25NOS/c22-20(17-6-2-1-3-7-17)21-13-5-10-15-8-4-9-16-11-12-18(23)14-19(15)16/h4,8-9,11-12,14,17,23H,1-3,5-7,10,13H2,(H,21,22). The Bertz CT molecular complexity index is 676. The Labute approximate surface area is 144 Å². The minimum atomic E-state index is 0.257. The van der Waals surface area contributed by atoms with Gasteiger partial charge in [0.1, 0.15) is 0 Å². The van der Waals surface area contributed by atoms with Gasteiger partial charge in [-0.15, -0.1) is 12.6 Å². The van der Waals surface area contributed by atoms with Crippen LogP contribution in [0.5, 0.6) is 0 Å². The van der Waals surface area contributed by atoms with E-state index in [1.54, 1.807) is 0 Å². The van der Waals surface area contributed by atoms with Gasteiger partial charge in [-0.05, 0) is 54.2 Å². The van der Waals surface area contributed by atoms with Crippen molar-refractivity contribution in [1.82, 2.24) is 5.32 Å². The summed E-state index contributed by atoms with van der Waals surface area (Å²) in [6.45, 7) is 0.770. The third-order valence-corrected chi connectivity index (χ3v) is 5.13. The molecule has 122 valence electrons. The molecule has 1 N–H and O–H groups in total. The van der Waals surface area contributed by atoms with Gasteiger partial charge in [0.25, 0.3) is 0 Å². The van der Waals surface area contributed by atoms with Crippen LogP contribution in [0.4, 0.5) is 0 Å². The number of carbonyl (C=O) groups is 1. The number of nitrogens with one attached hydrogen (secondary N) is 1. The fraction of sp³-hybridized carbons (Fsp3) is 0.450. The van der Waals surface area contributed by atoms with E-state index in [9.17, 15) is 4.79 Å². The van der Waals surface area contributed by atoms with Crippen LogP contribution in [0, 0.1) is 5.92 Å². The lowest BCUT2D eigenvalue weighted by Gasteiger charge is -2.20. The van der Waals surface area contributed by atoms with Gasteiger partial charge in [-0.25, -0.2) is 0 Å². The molecule has 1 aliphatic rings. The number of rotatable bonds is 5. The summed E-state index contributed by atoms with van der Waals surface area (Å²) in [5.74, 6) is 0.522. The number of hydrogen-bond donors (Lipinski definition) is 2. The Morgan fingerprint density at radius 1 is 1.13 bits per heavy atom. The van der Waals surface area contributed by atoms with Crippen molar-refractivity contribution in [1.29, 1.82) is 0 Å². The van der Waals surface area contributed by atoms with Crippen molar-refractivity contribution in [3.8, 4) is 0 Å². The average molecular weight is 327 g/mol. The van der Waals surface area contributed by atoms with E-state index in [0.29, 0.717) is 0 Å². The van der Waals surface area contributed by atoms with Crippen LogP contribution >= 0.6 is 12.6 Å².